The zero-order valence-electron chi connectivity index (χ0n) is 10.6. The molecule has 0 atom stereocenters. The molecule has 21 heavy (non-hydrogen) atoms. The van der Waals surface area contributed by atoms with E-state index in [1.165, 1.54) is 11.3 Å². The molecule has 2 heterocycles. The van der Waals surface area contributed by atoms with E-state index in [1.807, 2.05) is 24.5 Å². The Kier molecular flexibility index (Phi) is 4.70. The first-order valence-electron chi connectivity index (χ1n) is 5.77. The largest absolute Gasteiger partial charge is 0.322 e. The van der Waals surface area contributed by atoms with Gasteiger partial charge in [-0.15, -0.1) is 22.7 Å². The fraction of sp³-hybridized carbons (Fsp3) is 0.0769. The smallest absolute Gasteiger partial charge is 0.257 e. The predicted octanol–water partition coefficient (Wildman–Crippen LogP) is 5.86. The number of hydrogen-bond acceptors (Lipinski definition) is 5. The van der Waals surface area contributed by atoms with Gasteiger partial charge < -0.3 is 5.32 Å². The predicted molar refractivity (Wildman–Crippen MR) is 99.1 cm³/mol. The minimum atomic E-state index is -0.127. The molecule has 3 aromatic rings. The van der Waals surface area contributed by atoms with Gasteiger partial charge in [-0.3, -0.25) is 4.79 Å². The van der Waals surface area contributed by atoms with Gasteiger partial charge in [-0.25, -0.2) is 4.98 Å². The van der Waals surface area contributed by atoms with Crippen molar-refractivity contribution in [1.29, 1.82) is 0 Å². The standard InChI is InChI=1S/C13H8Br2N2OS3/c1-19-13-17-8-3-2-6(4-9(8)20-13)16-12(18)7-5-10(14)21-11(7)15/h2-5H,1H3,(H,16,18). The molecular formula is C13H8Br2N2OS3. The molecule has 2 aromatic heterocycles. The van der Waals surface area contributed by atoms with Crippen molar-refractivity contribution in [2.75, 3.05) is 11.6 Å². The van der Waals surface area contributed by atoms with Crippen LogP contribution in [0.25, 0.3) is 10.2 Å². The van der Waals surface area contributed by atoms with Crippen LogP contribution in [0.1, 0.15) is 10.4 Å². The third kappa shape index (κ3) is 3.34. The average Bonchev–Trinajstić information content (AvgIpc) is 3.00. The quantitative estimate of drug-likeness (QED) is 0.494. The van der Waals surface area contributed by atoms with Crippen LogP contribution < -0.4 is 5.32 Å². The maximum atomic E-state index is 12.3. The fourth-order valence-corrected chi connectivity index (χ4v) is 6.08. The van der Waals surface area contributed by atoms with Crippen LogP contribution in [-0.2, 0) is 0 Å². The van der Waals surface area contributed by atoms with Crippen molar-refractivity contribution in [2.45, 2.75) is 4.34 Å². The molecule has 0 radical (unpaired) electrons. The van der Waals surface area contributed by atoms with E-state index < -0.39 is 0 Å². The molecular weight excluding hydrogens is 456 g/mol. The first-order valence-corrected chi connectivity index (χ1v) is 10.2. The summed E-state index contributed by atoms with van der Waals surface area (Å²) < 4.78 is 3.83. The zero-order chi connectivity index (χ0) is 15.0. The van der Waals surface area contributed by atoms with Gasteiger partial charge in [0, 0.05) is 5.69 Å². The van der Waals surface area contributed by atoms with Crippen LogP contribution >= 0.6 is 66.3 Å². The highest BCUT2D eigenvalue weighted by molar-refractivity contribution is 9.12. The Morgan fingerprint density at radius 3 is 2.76 bits per heavy atom. The van der Waals surface area contributed by atoms with Crippen molar-refractivity contribution < 1.29 is 4.79 Å². The van der Waals surface area contributed by atoms with E-state index in [2.05, 4.69) is 42.2 Å². The molecule has 3 rings (SSSR count). The van der Waals surface area contributed by atoms with E-state index in [0.717, 1.165) is 27.8 Å². The Morgan fingerprint density at radius 1 is 1.29 bits per heavy atom. The molecule has 1 aromatic carbocycles. The molecule has 0 fully saturated rings. The number of carbonyl (C=O) groups is 1. The molecule has 0 aliphatic heterocycles. The fourth-order valence-electron chi connectivity index (χ4n) is 1.76. The second kappa shape index (κ2) is 6.37. The molecule has 0 aliphatic carbocycles. The maximum absolute atomic E-state index is 12.3. The second-order valence-electron chi connectivity index (χ2n) is 4.06. The number of fused-ring (bicyclic) bond motifs is 1. The van der Waals surface area contributed by atoms with E-state index in [-0.39, 0.29) is 5.91 Å². The Bertz CT molecular complexity index is 828. The van der Waals surface area contributed by atoms with Gasteiger partial charge in [0.2, 0.25) is 0 Å². The monoisotopic (exact) mass is 462 g/mol. The number of thiazole rings is 1. The minimum absolute atomic E-state index is 0.127. The molecule has 1 N–H and O–H groups in total. The zero-order valence-corrected chi connectivity index (χ0v) is 16.3. The van der Waals surface area contributed by atoms with Gasteiger partial charge in [-0.2, -0.15) is 0 Å². The highest BCUT2D eigenvalue weighted by atomic mass is 79.9. The normalized spacial score (nSPS) is 11.0. The number of halogens is 2. The topological polar surface area (TPSA) is 42.0 Å². The Hall–Kier alpha value is -0.410. The number of thiophene rings is 1. The summed E-state index contributed by atoms with van der Waals surface area (Å²) in [6, 6.07) is 7.57. The first kappa shape index (κ1) is 15.5. The Balaban J connectivity index is 1.87. The molecule has 0 unspecified atom stereocenters. The number of rotatable bonds is 3. The number of nitrogens with one attached hydrogen (secondary N) is 1. The minimum Gasteiger partial charge on any atom is -0.322 e. The summed E-state index contributed by atoms with van der Waals surface area (Å²) in [6.45, 7) is 0. The van der Waals surface area contributed by atoms with Crippen LogP contribution in [0.4, 0.5) is 5.69 Å². The number of carbonyl (C=O) groups excluding carboxylic acids is 1. The number of aromatic nitrogens is 1. The molecule has 0 bridgehead atoms. The third-order valence-corrected chi connectivity index (χ3v) is 7.05. The van der Waals surface area contributed by atoms with Crippen LogP contribution in [-0.4, -0.2) is 17.1 Å². The summed E-state index contributed by atoms with van der Waals surface area (Å²) in [7, 11) is 0. The number of anilines is 1. The van der Waals surface area contributed by atoms with Gasteiger partial charge >= 0.3 is 0 Å². The number of thioether (sulfide) groups is 1. The third-order valence-electron chi connectivity index (χ3n) is 2.70. The molecule has 0 spiro atoms. The van der Waals surface area contributed by atoms with E-state index >= 15 is 0 Å². The number of hydrogen-bond donors (Lipinski definition) is 1. The van der Waals surface area contributed by atoms with Gasteiger partial charge in [0.15, 0.2) is 4.34 Å². The van der Waals surface area contributed by atoms with Gasteiger partial charge in [0.25, 0.3) is 5.91 Å². The van der Waals surface area contributed by atoms with Crippen LogP contribution in [0.3, 0.4) is 0 Å². The van der Waals surface area contributed by atoms with Gasteiger partial charge in [-0.05, 0) is 62.4 Å². The molecule has 0 saturated carbocycles. The van der Waals surface area contributed by atoms with Crippen molar-refractivity contribution >= 4 is 88.1 Å². The van der Waals surface area contributed by atoms with E-state index in [4.69, 9.17) is 0 Å². The number of nitrogens with zero attached hydrogens (tertiary/aromatic N) is 1. The maximum Gasteiger partial charge on any atom is 0.257 e. The Labute approximate surface area is 150 Å². The molecule has 0 aliphatic rings. The molecule has 108 valence electrons. The van der Waals surface area contributed by atoms with Crippen molar-refractivity contribution in [3.05, 3.63) is 37.4 Å². The molecule has 8 heteroatoms. The first-order chi connectivity index (χ1) is 10.1. The lowest BCUT2D eigenvalue weighted by Gasteiger charge is -2.04. The number of benzene rings is 1. The lowest BCUT2D eigenvalue weighted by molar-refractivity contribution is 0.102. The molecule has 1 amide bonds. The summed E-state index contributed by atoms with van der Waals surface area (Å²) >= 11 is 11.5. The van der Waals surface area contributed by atoms with Gasteiger partial charge in [0.1, 0.15) is 0 Å². The van der Waals surface area contributed by atoms with Crippen LogP contribution in [0.5, 0.6) is 0 Å². The summed E-state index contributed by atoms with van der Waals surface area (Å²) in [5.41, 5.74) is 2.36. The van der Waals surface area contributed by atoms with Gasteiger partial charge in [-0.1, -0.05) is 11.8 Å². The lowest BCUT2D eigenvalue weighted by Crippen LogP contribution is -2.11. The summed E-state index contributed by atoms with van der Waals surface area (Å²) in [5.74, 6) is -0.127. The van der Waals surface area contributed by atoms with Crippen molar-refractivity contribution in [3.8, 4) is 0 Å². The summed E-state index contributed by atoms with van der Waals surface area (Å²) in [5, 5.41) is 2.92. The van der Waals surface area contributed by atoms with Crippen LogP contribution in [0.15, 0.2) is 36.2 Å². The Morgan fingerprint density at radius 2 is 2.10 bits per heavy atom. The second-order valence-corrected chi connectivity index (χ2v) is 9.89. The highest BCUT2D eigenvalue weighted by Crippen LogP contribution is 2.33. The van der Waals surface area contributed by atoms with Crippen molar-refractivity contribution in [2.24, 2.45) is 0 Å². The molecule has 0 saturated heterocycles. The lowest BCUT2D eigenvalue weighted by atomic mass is 10.2. The van der Waals surface area contributed by atoms with Crippen molar-refractivity contribution in [1.82, 2.24) is 4.98 Å². The van der Waals surface area contributed by atoms with E-state index in [1.54, 1.807) is 29.2 Å². The van der Waals surface area contributed by atoms with Gasteiger partial charge in [0.05, 0.1) is 23.4 Å². The number of amides is 1. The molecule has 3 nitrogen and oxygen atoms in total. The van der Waals surface area contributed by atoms with E-state index in [9.17, 15) is 4.79 Å². The van der Waals surface area contributed by atoms with Crippen LogP contribution in [0.2, 0.25) is 0 Å². The SMILES string of the molecule is CSc1nc2ccc(NC(=O)c3cc(Br)sc3Br)cc2s1. The average molecular weight is 464 g/mol. The highest BCUT2D eigenvalue weighted by Gasteiger charge is 2.14. The summed E-state index contributed by atoms with van der Waals surface area (Å²) in [4.78, 5) is 16.8. The van der Waals surface area contributed by atoms with Crippen LogP contribution in [0, 0.1) is 0 Å². The van der Waals surface area contributed by atoms with E-state index in [0.29, 0.717) is 5.56 Å². The summed E-state index contributed by atoms with van der Waals surface area (Å²) in [6.07, 6.45) is 2.01. The van der Waals surface area contributed by atoms with Crippen molar-refractivity contribution in [3.63, 3.8) is 0 Å².